The van der Waals surface area contributed by atoms with E-state index in [-0.39, 0.29) is 30.1 Å². The number of carbonyl (C=O) groups excluding carboxylic acids is 4. The summed E-state index contributed by atoms with van der Waals surface area (Å²) in [6.07, 6.45) is 2.39. The summed E-state index contributed by atoms with van der Waals surface area (Å²) in [6.45, 7) is 9.65. The fourth-order valence-electron chi connectivity index (χ4n) is 5.04. The van der Waals surface area contributed by atoms with Gasteiger partial charge in [0.2, 0.25) is 17.7 Å². The molecule has 0 saturated carbocycles. The van der Waals surface area contributed by atoms with Gasteiger partial charge < -0.3 is 30.6 Å². The lowest BCUT2D eigenvalue weighted by Gasteiger charge is -2.34. The minimum absolute atomic E-state index is 0.212. The van der Waals surface area contributed by atoms with Gasteiger partial charge in [-0.3, -0.25) is 14.4 Å². The van der Waals surface area contributed by atoms with Gasteiger partial charge in [-0.2, -0.15) is 0 Å². The van der Waals surface area contributed by atoms with Gasteiger partial charge in [0.1, 0.15) is 17.7 Å². The van der Waals surface area contributed by atoms with Crippen molar-refractivity contribution in [3.8, 4) is 0 Å². The smallest absolute Gasteiger partial charge is 0.408 e. The molecule has 1 aromatic heterocycles. The summed E-state index contributed by atoms with van der Waals surface area (Å²) in [4.78, 5) is 56.8. The van der Waals surface area contributed by atoms with Crippen molar-refractivity contribution < 1.29 is 23.9 Å². The van der Waals surface area contributed by atoms with Crippen LogP contribution in [0.3, 0.4) is 0 Å². The molecule has 2 unspecified atom stereocenters. The average molecular weight is 576 g/mol. The maximum atomic E-state index is 13.7. The van der Waals surface area contributed by atoms with Crippen LogP contribution in [0.4, 0.5) is 10.5 Å². The molecule has 4 N–H and O–H groups in total. The molecule has 1 saturated heterocycles. The summed E-state index contributed by atoms with van der Waals surface area (Å²) < 4.78 is 5.45. The lowest BCUT2D eigenvalue weighted by molar-refractivity contribution is -0.137. The highest BCUT2D eigenvalue weighted by Gasteiger charge is 2.33. The fourth-order valence-corrected chi connectivity index (χ4v) is 5.04. The lowest BCUT2D eigenvalue weighted by atomic mass is 9.94. The molecule has 4 amide bonds. The third-order valence-electron chi connectivity index (χ3n) is 7.34. The third kappa shape index (κ3) is 8.11. The molecule has 0 bridgehead atoms. The number of fused-ring (bicyclic) bond motifs is 1. The number of carbonyl (C=O) groups is 4. The number of rotatable bonds is 8. The van der Waals surface area contributed by atoms with Crippen molar-refractivity contribution in [3.05, 3.63) is 65.9 Å². The number of aromatic amines is 1. The van der Waals surface area contributed by atoms with Crippen molar-refractivity contribution in [2.75, 3.05) is 18.4 Å². The number of ether oxygens (including phenoxy) is 1. The Morgan fingerprint density at radius 3 is 2.33 bits per heavy atom. The van der Waals surface area contributed by atoms with Gasteiger partial charge in [-0.25, -0.2) is 4.79 Å². The van der Waals surface area contributed by atoms with E-state index in [4.69, 9.17) is 4.74 Å². The van der Waals surface area contributed by atoms with Crippen LogP contribution >= 0.6 is 0 Å². The molecule has 0 aliphatic carbocycles. The number of nitrogens with zero attached hydrogens (tertiary/aromatic N) is 1. The number of H-pyrrole nitrogens is 1. The van der Waals surface area contributed by atoms with Gasteiger partial charge in [0.15, 0.2) is 0 Å². The predicted molar refractivity (Wildman–Crippen MR) is 162 cm³/mol. The average Bonchev–Trinajstić information content (AvgIpc) is 3.35. The largest absolute Gasteiger partial charge is 0.444 e. The molecule has 1 aliphatic heterocycles. The Kier molecular flexibility index (Phi) is 9.55. The van der Waals surface area contributed by atoms with E-state index in [9.17, 15) is 19.2 Å². The zero-order chi connectivity index (χ0) is 30.4. The highest BCUT2D eigenvalue weighted by atomic mass is 16.6. The molecular formula is C32H41N5O5. The molecular weight excluding hydrogens is 534 g/mol. The van der Waals surface area contributed by atoms with E-state index in [1.807, 2.05) is 61.7 Å². The van der Waals surface area contributed by atoms with Crippen LogP contribution in [0.5, 0.6) is 0 Å². The Morgan fingerprint density at radius 1 is 1.00 bits per heavy atom. The van der Waals surface area contributed by atoms with Crippen LogP contribution in [0.1, 0.15) is 51.7 Å². The SMILES string of the molecule is Cc1ccc(NC(=O)C(C)NC(=O)C2CCN(C(=O)C(Cc3c[nH]c4ccccc34)NC(=O)OC(C)(C)C)CC2)cc1. The maximum absolute atomic E-state index is 13.7. The number of aromatic nitrogens is 1. The predicted octanol–water partition coefficient (Wildman–Crippen LogP) is 4.29. The fraction of sp³-hybridized carbons (Fsp3) is 0.438. The number of benzene rings is 2. The summed E-state index contributed by atoms with van der Waals surface area (Å²) in [5.41, 5.74) is 2.90. The summed E-state index contributed by atoms with van der Waals surface area (Å²) in [6, 6.07) is 13.7. The molecule has 42 heavy (non-hydrogen) atoms. The molecule has 224 valence electrons. The van der Waals surface area contributed by atoms with Gasteiger partial charge in [-0.05, 0) is 71.2 Å². The van der Waals surface area contributed by atoms with E-state index in [0.717, 1.165) is 22.0 Å². The molecule has 10 heteroatoms. The van der Waals surface area contributed by atoms with Crippen molar-refractivity contribution in [2.24, 2.45) is 5.92 Å². The van der Waals surface area contributed by atoms with Crippen molar-refractivity contribution in [1.82, 2.24) is 20.5 Å². The number of aryl methyl sites for hydroxylation is 1. The Hall–Kier alpha value is -4.34. The number of alkyl carbamates (subject to hydrolysis) is 1. The summed E-state index contributed by atoms with van der Waals surface area (Å²) >= 11 is 0. The first kappa shape index (κ1) is 30.6. The Morgan fingerprint density at radius 2 is 1.67 bits per heavy atom. The quantitative estimate of drug-likeness (QED) is 0.318. The number of anilines is 1. The minimum Gasteiger partial charge on any atom is -0.444 e. The van der Waals surface area contributed by atoms with Crippen LogP contribution in [-0.4, -0.2) is 64.5 Å². The second kappa shape index (κ2) is 13.1. The van der Waals surface area contributed by atoms with Gasteiger partial charge >= 0.3 is 6.09 Å². The van der Waals surface area contributed by atoms with Crippen LogP contribution in [0.15, 0.2) is 54.7 Å². The monoisotopic (exact) mass is 575 g/mol. The number of para-hydroxylation sites is 1. The summed E-state index contributed by atoms with van der Waals surface area (Å²) in [7, 11) is 0. The van der Waals surface area contributed by atoms with E-state index in [2.05, 4.69) is 20.9 Å². The number of nitrogens with one attached hydrogen (secondary N) is 4. The Bertz CT molecular complexity index is 1420. The zero-order valence-electron chi connectivity index (χ0n) is 25.0. The Balaban J connectivity index is 1.35. The van der Waals surface area contributed by atoms with E-state index >= 15 is 0 Å². The van der Waals surface area contributed by atoms with Gasteiger partial charge in [-0.1, -0.05) is 35.9 Å². The van der Waals surface area contributed by atoms with Crippen molar-refractivity contribution in [1.29, 1.82) is 0 Å². The van der Waals surface area contributed by atoms with Crippen LogP contribution in [0.2, 0.25) is 0 Å². The van der Waals surface area contributed by atoms with Gasteiger partial charge in [0, 0.05) is 48.2 Å². The lowest BCUT2D eigenvalue weighted by Crippen LogP contribution is -2.53. The molecule has 2 heterocycles. The van der Waals surface area contributed by atoms with Crippen molar-refractivity contribution in [2.45, 2.75) is 71.6 Å². The number of piperidine rings is 1. The Labute approximate surface area is 246 Å². The number of amides is 4. The van der Waals surface area contributed by atoms with Crippen LogP contribution in [0, 0.1) is 12.8 Å². The molecule has 4 rings (SSSR count). The number of hydrogen-bond acceptors (Lipinski definition) is 5. The molecule has 1 fully saturated rings. The second-order valence-corrected chi connectivity index (χ2v) is 11.9. The molecule has 2 atom stereocenters. The molecule has 3 aromatic rings. The first-order valence-electron chi connectivity index (χ1n) is 14.4. The first-order chi connectivity index (χ1) is 19.9. The zero-order valence-corrected chi connectivity index (χ0v) is 25.0. The van der Waals surface area contributed by atoms with Crippen LogP contribution in [-0.2, 0) is 25.5 Å². The summed E-state index contributed by atoms with van der Waals surface area (Å²) in [5.74, 6) is -1.06. The van der Waals surface area contributed by atoms with Crippen molar-refractivity contribution >= 4 is 40.4 Å². The van der Waals surface area contributed by atoms with Crippen LogP contribution < -0.4 is 16.0 Å². The molecule has 2 aromatic carbocycles. The molecule has 10 nitrogen and oxygen atoms in total. The van der Waals surface area contributed by atoms with Gasteiger partial charge in [-0.15, -0.1) is 0 Å². The minimum atomic E-state index is -0.838. The van der Waals surface area contributed by atoms with Gasteiger partial charge in [0.25, 0.3) is 0 Å². The van der Waals surface area contributed by atoms with Gasteiger partial charge in [0.05, 0.1) is 0 Å². The topological polar surface area (TPSA) is 133 Å². The standard InChI is InChI=1S/C32H41N5O5/c1-20-10-12-24(13-11-20)35-28(38)21(2)34-29(39)22-14-16-37(17-15-22)30(40)27(36-31(41)42-32(3,4)5)18-23-19-33-26-9-7-6-8-25(23)26/h6-13,19,21-22,27,33H,14-18H2,1-5H3,(H,34,39)(H,35,38)(H,36,41). The van der Waals surface area contributed by atoms with E-state index in [1.165, 1.54) is 0 Å². The summed E-state index contributed by atoms with van der Waals surface area (Å²) in [5, 5.41) is 9.39. The number of likely N-dealkylation sites (tertiary alicyclic amines) is 1. The first-order valence-corrected chi connectivity index (χ1v) is 14.4. The number of hydrogen-bond donors (Lipinski definition) is 4. The molecule has 1 aliphatic rings. The van der Waals surface area contributed by atoms with E-state index in [1.54, 1.807) is 32.6 Å². The normalized spacial score (nSPS) is 15.5. The van der Waals surface area contributed by atoms with E-state index < -0.39 is 23.8 Å². The highest BCUT2D eigenvalue weighted by Crippen LogP contribution is 2.22. The second-order valence-electron chi connectivity index (χ2n) is 11.9. The highest BCUT2D eigenvalue weighted by molar-refractivity contribution is 5.97. The maximum Gasteiger partial charge on any atom is 0.408 e. The molecule has 0 radical (unpaired) electrons. The molecule has 0 spiro atoms. The van der Waals surface area contributed by atoms with E-state index in [0.29, 0.717) is 31.6 Å². The van der Waals surface area contributed by atoms with Crippen LogP contribution in [0.25, 0.3) is 10.9 Å². The third-order valence-corrected chi connectivity index (χ3v) is 7.34. The van der Waals surface area contributed by atoms with Crippen molar-refractivity contribution in [3.63, 3.8) is 0 Å².